The maximum Gasteiger partial charge on any atom is 0.0531 e. The van der Waals surface area contributed by atoms with Gasteiger partial charge in [0.2, 0.25) is 0 Å². The van der Waals surface area contributed by atoms with E-state index in [2.05, 4.69) is 99.3 Å². The highest BCUT2D eigenvalue weighted by Gasteiger charge is 2.42. The zero-order valence-corrected chi connectivity index (χ0v) is 15.5. The first-order valence-electron chi connectivity index (χ1n) is 9.11. The normalized spacial score (nSPS) is 19.1. The van der Waals surface area contributed by atoms with E-state index in [9.17, 15) is 0 Å². The Kier molecular flexibility index (Phi) is 3.88. The average molecular weight is 327 g/mol. The van der Waals surface area contributed by atoms with Gasteiger partial charge in [-0.15, -0.1) is 0 Å². The molecule has 1 saturated heterocycles. The molecular formula is C24H25N. The molecule has 25 heavy (non-hydrogen) atoms. The van der Waals surface area contributed by atoms with E-state index < -0.39 is 0 Å². The highest BCUT2D eigenvalue weighted by Crippen LogP contribution is 2.46. The van der Waals surface area contributed by atoms with E-state index in [4.69, 9.17) is 0 Å². The van der Waals surface area contributed by atoms with Crippen LogP contribution in [0, 0.1) is 13.8 Å². The maximum absolute atomic E-state index is 2.55. The lowest BCUT2D eigenvalue weighted by Crippen LogP contribution is -2.02. The van der Waals surface area contributed by atoms with Gasteiger partial charge >= 0.3 is 0 Å². The number of para-hydroxylation sites is 1. The molecule has 0 amide bonds. The van der Waals surface area contributed by atoms with Crippen LogP contribution in [0.4, 0.5) is 5.69 Å². The van der Waals surface area contributed by atoms with Crippen molar-refractivity contribution in [3.05, 3.63) is 77.9 Å². The van der Waals surface area contributed by atoms with Crippen LogP contribution in [-0.2, 0) is 0 Å². The Morgan fingerprint density at radius 2 is 1.00 bits per heavy atom. The van der Waals surface area contributed by atoms with E-state index in [-0.39, 0.29) is 0 Å². The van der Waals surface area contributed by atoms with Crippen LogP contribution in [0.3, 0.4) is 0 Å². The number of hydrogen-bond donors (Lipinski definition) is 0. The third kappa shape index (κ3) is 2.84. The Balaban J connectivity index is 1.91. The molecule has 0 radical (unpaired) electrons. The van der Waals surface area contributed by atoms with E-state index in [0.717, 1.165) is 0 Å². The minimum absolute atomic E-state index is 0.593. The maximum atomic E-state index is 2.55. The van der Waals surface area contributed by atoms with Gasteiger partial charge in [0, 0.05) is 23.2 Å². The number of rotatable bonds is 3. The van der Waals surface area contributed by atoms with Gasteiger partial charge in [0.15, 0.2) is 0 Å². The largest absolute Gasteiger partial charge is 0.361 e. The second-order valence-corrected chi connectivity index (χ2v) is 7.32. The van der Waals surface area contributed by atoms with Crippen LogP contribution in [0.2, 0.25) is 0 Å². The Morgan fingerprint density at radius 1 is 0.600 bits per heavy atom. The van der Waals surface area contributed by atoms with Crippen LogP contribution in [0.15, 0.2) is 66.7 Å². The predicted molar refractivity (Wildman–Crippen MR) is 108 cm³/mol. The molecule has 2 atom stereocenters. The number of aryl methyl sites for hydroxylation is 2. The predicted octanol–water partition coefficient (Wildman–Crippen LogP) is 6.23. The van der Waals surface area contributed by atoms with Gasteiger partial charge in [0.25, 0.3) is 0 Å². The van der Waals surface area contributed by atoms with Crippen LogP contribution >= 0.6 is 0 Å². The fraction of sp³-hybridized carbons (Fsp3) is 0.250. The van der Waals surface area contributed by atoms with Crippen LogP contribution in [0.5, 0.6) is 0 Å². The third-order valence-electron chi connectivity index (χ3n) is 5.51. The minimum Gasteiger partial charge on any atom is -0.361 e. The van der Waals surface area contributed by atoms with Crippen LogP contribution < -0.4 is 4.90 Å². The van der Waals surface area contributed by atoms with Crippen molar-refractivity contribution in [2.75, 3.05) is 4.90 Å². The molecule has 4 rings (SSSR count). The molecule has 3 aromatic rings. The molecule has 0 N–H and O–H groups in total. The van der Waals surface area contributed by atoms with Gasteiger partial charge in [0.1, 0.15) is 0 Å². The Morgan fingerprint density at radius 3 is 1.36 bits per heavy atom. The first-order chi connectivity index (χ1) is 12.1. The lowest BCUT2D eigenvalue weighted by Gasteiger charge is -2.18. The fourth-order valence-corrected chi connectivity index (χ4v) is 3.66. The molecule has 0 spiro atoms. The van der Waals surface area contributed by atoms with Crippen molar-refractivity contribution in [1.29, 1.82) is 0 Å². The molecule has 1 heteroatoms. The summed E-state index contributed by atoms with van der Waals surface area (Å²) < 4.78 is 0. The molecule has 2 unspecified atom stereocenters. The monoisotopic (exact) mass is 327 g/mol. The topological polar surface area (TPSA) is 3.01 Å². The first kappa shape index (κ1) is 16.0. The van der Waals surface area contributed by atoms with Gasteiger partial charge in [-0.05, 0) is 38.8 Å². The molecule has 0 aromatic heterocycles. The summed E-state index contributed by atoms with van der Waals surface area (Å²) in [6, 6.07) is 25.7. The number of hydrogen-bond acceptors (Lipinski definition) is 1. The molecule has 1 aliphatic heterocycles. The molecule has 1 aliphatic rings. The summed E-state index contributed by atoms with van der Waals surface area (Å²) >= 11 is 0. The van der Waals surface area contributed by atoms with Crippen molar-refractivity contribution in [2.24, 2.45) is 0 Å². The van der Waals surface area contributed by atoms with Crippen molar-refractivity contribution in [3.63, 3.8) is 0 Å². The lowest BCUT2D eigenvalue weighted by molar-refractivity contribution is 1.05. The summed E-state index contributed by atoms with van der Waals surface area (Å²) in [5, 5.41) is 0. The van der Waals surface area contributed by atoms with Gasteiger partial charge in [-0.25, -0.2) is 0 Å². The fourth-order valence-electron chi connectivity index (χ4n) is 3.66. The van der Waals surface area contributed by atoms with Crippen molar-refractivity contribution in [1.82, 2.24) is 0 Å². The van der Waals surface area contributed by atoms with Gasteiger partial charge < -0.3 is 4.90 Å². The molecular weight excluding hydrogens is 302 g/mol. The average Bonchev–Trinajstić information content (AvgIpc) is 3.21. The quantitative estimate of drug-likeness (QED) is 0.515. The molecule has 1 heterocycles. The molecule has 0 saturated carbocycles. The van der Waals surface area contributed by atoms with Crippen molar-refractivity contribution >= 4 is 5.69 Å². The smallest absolute Gasteiger partial charge is 0.0531 e. The van der Waals surface area contributed by atoms with Gasteiger partial charge in [-0.2, -0.15) is 0 Å². The summed E-state index contributed by atoms with van der Waals surface area (Å²) in [5.41, 5.74) is 9.21. The molecule has 3 aromatic carbocycles. The van der Waals surface area contributed by atoms with Gasteiger partial charge in [-0.1, -0.05) is 77.9 Å². The summed E-state index contributed by atoms with van der Waals surface area (Å²) in [7, 11) is 0. The summed E-state index contributed by atoms with van der Waals surface area (Å²) in [4.78, 5) is 2.55. The third-order valence-corrected chi connectivity index (χ3v) is 5.51. The van der Waals surface area contributed by atoms with Gasteiger partial charge in [0.05, 0.1) is 5.69 Å². The Hall–Kier alpha value is -2.54. The Bertz CT molecular complexity index is 819. The van der Waals surface area contributed by atoms with E-state index in [1.165, 1.54) is 39.1 Å². The second kappa shape index (κ2) is 6.07. The van der Waals surface area contributed by atoms with Gasteiger partial charge in [-0.3, -0.25) is 0 Å². The van der Waals surface area contributed by atoms with Crippen LogP contribution in [-0.4, -0.2) is 12.1 Å². The molecule has 126 valence electrons. The molecule has 1 nitrogen and oxygen atoms in total. The van der Waals surface area contributed by atoms with E-state index in [1.807, 2.05) is 0 Å². The van der Waals surface area contributed by atoms with Crippen molar-refractivity contribution < 1.29 is 0 Å². The zero-order valence-electron chi connectivity index (χ0n) is 15.5. The molecule has 0 bridgehead atoms. The first-order valence-corrected chi connectivity index (χ1v) is 9.11. The van der Waals surface area contributed by atoms with E-state index >= 15 is 0 Å². The summed E-state index contributed by atoms with van der Waals surface area (Å²) in [6.07, 6.45) is 0. The SMILES string of the molecule is Cc1ccc(-c2cccc(-c3ccc(C)cc3)c2N2C(C)C2C)cc1. The van der Waals surface area contributed by atoms with Crippen LogP contribution in [0.25, 0.3) is 22.3 Å². The summed E-state index contributed by atoms with van der Waals surface area (Å²) in [6.45, 7) is 8.91. The van der Waals surface area contributed by atoms with E-state index in [0.29, 0.717) is 12.1 Å². The standard InChI is InChI=1S/C24H25N/c1-16-8-12-20(13-9-16)22-6-5-7-23(21-14-10-17(2)11-15-21)24(22)25-18(3)19(25)4/h5-15,18-19H,1-4H3. The second-order valence-electron chi connectivity index (χ2n) is 7.32. The van der Waals surface area contributed by atoms with Crippen LogP contribution in [0.1, 0.15) is 25.0 Å². The summed E-state index contributed by atoms with van der Waals surface area (Å²) in [5.74, 6) is 0. The molecule has 0 aliphatic carbocycles. The number of anilines is 1. The number of benzene rings is 3. The molecule has 1 fully saturated rings. The Labute approximate surface area is 150 Å². The lowest BCUT2D eigenvalue weighted by atomic mass is 9.95. The van der Waals surface area contributed by atoms with Crippen molar-refractivity contribution in [2.45, 2.75) is 39.8 Å². The highest BCUT2D eigenvalue weighted by atomic mass is 15.3. The minimum atomic E-state index is 0.593. The highest BCUT2D eigenvalue weighted by molar-refractivity contribution is 5.93. The zero-order chi connectivity index (χ0) is 17.6. The van der Waals surface area contributed by atoms with Crippen molar-refractivity contribution in [3.8, 4) is 22.3 Å². The number of nitrogens with zero attached hydrogens (tertiary/aromatic N) is 1. The van der Waals surface area contributed by atoms with E-state index in [1.54, 1.807) is 0 Å².